The predicted octanol–water partition coefficient (Wildman–Crippen LogP) is 3.08. The normalized spacial score (nSPS) is 18.4. The number of nitrogens with zero attached hydrogens (tertiary/aromatic N) is 3. The van der Waals surface area contributed by atoms with Crippen molar-refractivity contribution in [3.05, 3.63) is 17.3 Å². The van der Waals surface area contributed by atoms with Crippen LogP contribution in [0.25, 0.3) is 0 Å². The van der Waals surface area contributed by atoms with Crippen molar-refractivity contribution in [1.29, 1.82) is 0 Å². The highest BCUT2D eigenvalue weighted by Crippen LogP contribution is 2.21. The summed E-state index contributed by atoms with van der Waals surface area (Å²) in [6.07, 6.45) is 2.38. The summed E-state index contributed by atoms with van der Waals surface area (Å²) < 4.78 is 19.0. The molecule has 1 aliphatic heterocycles. The Labute approximate surface area is 134 Å². The molecular formula is C14H20ClFN4O2. The Hall–Kier alpha value is -1.63. The first-order valence-corrected chi connectivity index (χ1v) is 7.55. The van der Waals surface area contributed by atoms with E-state index in [0.29, 0.717) is 13.1 Å². The fraction of sp³-hybridized carbons (Fsp3) is 0.643. The van der Waals surface area contributed by atoms with Gasteiger partial charge in [0.1, 0.15) is 5.60 Å². The number of carbonyl (C=O) groups is 1. The number of halogens is 2. The lowest BCUT2D eigenvalue weighted by atomic mass is 10.2. The van der Waals surface area contributed by atoms with Crippen LogP contribution in [0, 0.1) is 5.82 Å². The molecular weight excluding hydrogens is 311 g/mol. The summed E-state index contributed by atoms with van der Waals surface area (Å²) in [5, 5.41) is 2.85. The molecule has 2 heterocycles. The van der Waals surface area contributed by atoms with Gasteiger partial charge in [-0.15, -0.1) is 0 Å². The van der Waals surface area contributed by atoms with Gasteiger partial charge in [-0.1, -0.05) is 0 Å². The van der Waals surface area contributed by atoms with Crippen LogP contribution in [-0.4, -0.2) is 45.7 Å². The Morgan fingerprint density at radius 1 is 1.59 bits per heavy atom. The number of hydrogen-bond donors (Lipinski definition) is 1. The van der Waals surface area contributed by atoms with Gasteiger partial charge < -0.3 is 15.0 Å². The predicted molar refractivity (Wildman–Crippen MR) is 81.5 cm³/mol. The largest absolute Gasteiger partial charge is 0.444 e. The van der Waals surface area contributed by atoms with Crippen LogP contribution in [0.4, 0.5) is 15.0 Å². The molecule has 0 spiro atoms. The molecule has 0 bridgehead atoms. The highest BCUT2D eigenvalue weighted by atomic mass is 35.5. The third kappa shape index (κ3) is 4.43. The molecule has 1 fully saturated rings. The van der Waals surface area contributed by atoms with Crippen molar-refractivity contribution in [2.45, 2.75) is 45.3 Å². The van der Waals surface area contributed by atoms with Gasteiger partial charge in [0.25, 0.3) is 0 Å². The molecule has 8 heteroatoms. The number of ether oxygens (including phenoxy) is 1. The van der Waals surface area contributed by atoms with Crippen molar-refractivity contribution in [1.82, 2.24) is 14.9 Å². The van der Waals surface area contributed by atoms with Crippen molar-refractivity contribution < 1.29 is 13.9 Å². The molecule has 0 radical (unpaired) electrons. The fourth-order valence-electron chi connectivity index (χ4n) is 2.29. The minimum absolute atomic E-state index is 0.0284. The van der Waals surface area contributed by atoms with E-state index < -0.39 is 11.4 Å². The SMILES string of the molecule is CC(C)(C)OC(=O)N1CCC[C@@H]1CNc1nc(Cl)ncc1F. The highest BCUT2D eigenvalue weighted by Gasteiger charge is 2.32. The summed E-state index contributed by atoms with van der Waals surface area (Å²) in [5.74, 6) is -0.540. The van der Waals surface area contributed by atoms with Crippen LogP contribution >= 0.6 is 11.6 Å². The average Bonchev–Trinajstić information content (AvgIpc) is 2.86. The molecule has 1 atom stereocenters. The van der Waals surface area contributed by atoms with Gasteiger partial charge in [0.2, 0.25) is 5.28 Å². The van der Waals surface area contributed by atoms with Gasteiger partial charge >= 0.3 is 6.09 Å². The van der Waals surface area contributed by atoms with Gasteiger partial charge in [0.15, 0.2) is 11.6 Å². The van der Waals surface area contributed by atoms with E-state index in [9.17, 15) is 9.18 Å². The summed E-state index contributed by atoms with van der Waals surface area (Å²) in [5.41, 5.74) is -0.538. The third-order valence-corrected chi connectivity index (χ3v) is 3.41. The van der Waals surface area contributed by atoms with Crippen LogP contribution in [0.3, 0.4) is 0 Å². The van der Waals surface area contributed by atoms with E-state index >= 15 is 0 Å². The number of hydrogen-bond acceptors (Lipinski definition) is 5. The second kappa shape index (κ2) is 6.64. The van der Waals surface area contributed by atoms with Crippen molar-refractivity contribution in [3.8, 4) is 0 Å². The molecule has 1 aromatic rings. The molecule has 0 aromatic carbocycles. The summed E-state index contributed by atoms with van der Waals surface area (Å²) in [4.78, 5) is 21.2. The van der Waals surface area contributed by atoms with Crippen molar-refractivity contribution in [2.24, 2.45) is 0 Å². The van der Waals surface area contributed by atoms with Crippen molar-refractivity contribution >= 4 is 23.5 Å². The smallest absolute Gasteiger partial charge is 0.410 e. The number of carbonyl (C=O) groups excluding carboxylic acids is 1. The molecule has 1 N–H and O–H groups in total. The number of likely N-dealkylation sites (tertiary alicyclic amines) is 1. The Balaban J connectivity index is 1.97. The molecule has 0 saturated carbocycles. The fourth-order valence-corrected chi connectivity index (χ4v) is 2.43. The zero-order valence-corrected chi connectivity index (χ0v) is 13.7. The summed E-state index contributed by atoms with van der Waals surface area (Å²) in [6, 6.07) is -0.0667. The molecule has 1 amide bonds. The second-order valence-electron chi connectivity index (χ2n) is 6.19. The van der Waals surface area contributed by atoms with Gasteiger partial charge in [-0.2, -0.15) is 4.98 Å². The lowest BCUT2D eigenvalue weighted by molar-refractivity contribution is 0.0235. The maximum Gasteiger partial charge on any atom is 0.410 e. The number of amides is 1. The van der Waals surface area contributed by atoms with E-state index in [1.54, 1.807) is 4.90 Å². The average molecular weight is 331 g/mol. The summed E-state index contributed by atoms with van der Waals surface area (Å²) in [7, 11) is 0. The zero-order valence-electron chi connectivity index (χ0n) is 12.9. The van der Waals surface area contributed by atoms with Gasteiger partial charge in [0.05, 0.1) is 12.2 Å². The molecule has 22 heavy (non-hydrogen) atoms. The van der Waals surface area contributed by atoms with Crippen LogP contribution in [0.5, 0.6) is 0 Å². The number of aromatic nitrogens is 2. The van der Waals surface area contributed by atoms with E-state index in [1.807, 2.05) is 20.8 Å². The van der Waals surface area contributed by atoms with E-state index in [-0.39, 0.29) is 23.2 Å². The van der Waals surface area contributed by atoms with Crippen LogP contribution in [0.1, 0.15) is 33.6 Å². The molecule has 1 saturated heterocycles. The van der Waals surface area contributed by atoms with Crippen molar-refractivity contribution in [3.63, 3.8) is 0 Å². The zero-order chi connectivity index (χ0) is 16.3. The first-order chi connectivity index (χ1) is 10.3. The van der Waals surface area contributed by atoms with Gasteiger partial charge in [-0.05, 0) is 45.2 Å². The van der Waals surface area contributed by atoms with Crippen LogP contribution in [0.2, 0.25) is 5.28 Å². The minimum Gasteiger partial charge on any atom is -0.444 e. The molecule has 0 aliphatic carbocycles. The highest BCUT2D eigenvalue weighted by molar-refractivity contribution is 6.28. The second-order valence-corrected chi connectivity index (χ2v) is 6.52. The first-order valence-electron chi connectivity index (χ1n) is 7.18. The maximum absolute atomic E-state index is 13.6. The van der Waals surface area contributed by atoms with E-state index in [4.69, 9.17) is 16.3 Å². The molecule has 1 aromatic heterocycles. The topological polar surface area (TPSA) is 67.3 Å². The molecule has 0 unspecified atom stereocenters. The minimum atomic E-state index is -0.578. The Bertz CT molecular complexity index is 550. The molecule has 122 valence electrons. The van der Waals surface area contributed by atoms with Gasteiger partial charge in [-0.25, -0.2) is 14.2 Å². The van der Waals surface area contributed by atoms with E-state index in [0.717, 1.165) is 19.0 Å². The lowest BCUT2D eigenvalue weighted by Crippen LogP contribution is -2.42. The molecule has 6 nitrogen and oxygen atoms in total. The standard InChI is InChI=1S/C14H20ClFN4O2/c1-14(2,3)22-13(21)20-6-4-5-9(20)7-17-11-10(16)8-18-12(15)19-11/h8-9H,4-7H2,1-3H3,(H,17,18,19)/t9-/m1/s1. The lowest BCUT2D eigenvalue weighted by Gasteiger charge is -2.28. The number of nitrogens with one attached hydrogen (secondary N) is 1. The van der Waals surface area contributed by atoms with E-state index in [1.165, 1.54) is 0 Å². The van der Waals surface area contributed by atoms with Gasteiger partial charge in [0, 0.05) is 13.1 Å². The molecule has 1 aliphatic rings. The summed E-state index contributed by atoms with van der Waals surface area (Å²) >= 11 is 5.65. The van der Waals surface area contributed by atoms with Crippen LogP contribution in [0.15, 0.2) is 6.20 Å². The Morgan fingerprint density at radius 2 is 2.32 bits per heavy atom. The first kappa shape index (κ1) is 16.7. The summed E-state index contributed by atoms with van der Waals surface area (Å²) in [6.45, 7) is 6.49. The number of anilines is 1. The van der Waals surface area contributed by atoms with Crippen LogP contribution in [-0.2, 0) is 4.74 Å². The van der Waals surface area contributed by atoms with Gasteiger partial charge in [-0.3, -0.25) is 0 Å². The maximum atomic E-state index is 13.6. The molecule has 2 rings (SSSR count). The Kier molecular flexibility index (Phi) is 5.05. The van der Waals surface area contributed by atoms with Crippen molar-refractivity contribution in [2.75, 3.05) is 18.4 Å². The third-order valence-electron chi connectivity index (χ3n) is 3.22. The van der Waals surface area contributed by atoms with Crippen LogP contribution < -0.4 is 5.32 Å². The van der Waals surface area contributed by atoms with E-state index in [2.05, 4.69) is 15.3 Å². The Morgan fingerprint density at radius 3 is 3.00 bits per heavy atom. The number of rotatable bonds is 3. The monoisotopic (exact) mass is 330 g/mol. The quantitative estimate of drug-likeness (QED) is 0.863.